The standard InChI is InChI=1S/C37H31N4O.Pt/c1-22(2)27-12-8-13-28(23(3)4)36(27)41-21-31(40-37(41)35-29-11-6-5-9-24(29)19-20-38-35)30-18-17-26-16-15-25-10-7-14-32(42)33(25)34(26)39-30;/h5-10,12-23,42H,1-4H3;/q-1;. The van der Waals surface area contributed by atoms with Crippen LogP contribution >= 0.6 is 0 Å². The van der Waals surface area contributed by atoms with E-state index >= 15 is 0 Å². The summed E-state index contributed by atoms with van der Waals surface area (Å²) in [6.07, 6.45) is 3.93. The molecule has 0 amide bonds. The predicted octanol–water partition coefficient (Wildman–Crippen LogP) is 9.21. The molecule has 7 rings (SSSR count). The number of rotatable bonds is 5. The second-order valence-corrected chi connectivity index (χ2v) is 11.4. The van der Waals surface area contributed by atoms with Crippen LogP contribution in [0.2, 0.25) is 0 Å². The molecule has 216 valence electrons. The normalized spacial score (nSPS) is 11.6. The molecule has 0 aliphatic carbocycles. The first-order valence-corrected chi connectivity index (χ1v) is 14.4. The molecule has 6 heteroatoms. The number of pyridine rings is 2. The maximum Gasteiger partial charge on any atom is 0.125 e. The number of hydrogen-bond donors (Lipinski definition) is 1. The zero-order chi connectivity index (χ0) is 29.0. The Morgan fingerprint density at radius 3 is 2.19 bits per heavy atom. The molecule has 0 radical (unpaired) electrons. The molecule has 4 aromatic carbocycles. The van der Waals surface area contributed by atoms with Crippen molar-refractivity contribution < 1.29 is 26.2 Å². The summed E-state index contributed by atoms with van der Waals surface area (Å²) in [5.74, 6) is 1.57. The Hall–Kier alpha value is -4.34. The average molecular weight is 743 g/mol. The molecule has 0 bridgehead atoms. The molecule has 0 saturated carbocycles. The minimum Gasteiger partial charge on any atom is -0.507 e. The molecule has 7 aromatic rings. The van der Waals surface area contributed by atoms with E-state index in [9.17, 15) is 5.11 Å². The first kappa shape index (κ1) is 28.8. The van der Waals surface area contributed by atoms with Crippen LogP contribution in [0.5, 0.6) is 5.75 Å². The Morgan fingerprint density at radius 1 is 0.721 bits per heavy atom. The van der Waals surface area contributed by atoms with Gasteiger partial charge < -0.3 is 14.7 Å². The summed E-state index contributed by atoms with van der Waals surface area (Å²) in [4.78, 5) is 15.2. The minimum absolute atomic E-state index is 0. The van der Waals surface area contributed by atoms with Gasteiger partial charge in [0.2, 0.25) is 0 Å². The number of nitrogens with zero attached hydrogens (tertiary/aromatic N) is 4. The zero-order valence-corrected chi connectivity index (χ0v) is 26.7. The summed E-state index contributed by atoms with van der Waals surface area (Å²) in [6, 6.07) is 31.7. The molecule has 0 atom stereocenters. The largest absolute Gasteiger partial charge is 0.507 e. The van der Waals surface area contributed by atoms with Crippen LogP contribution in [0.3, 0.4) is 0 Å². The topological polar surface area (TPSA) is 63.8 Å². The molecule has 3 heterocycles. The molecule has 5 nitrogen and oxygen atoms in total. The van der Waals surface area contributed by atoms with E-state index in [0.29, 0.717) is 11.8 Å². The number of para-hydroxylation sites is 1. The van der Waals surface area contributed by atoms with Crippen molar-refractivity contribution in [3.05, 3.63) is 115 Å². The van der Waals surface area contributed by atoms with Crippen LogP contribution in [-0.2, 0) is 21.1 Å². The summed E-state index contributed by atoms with van der Waals surface area (Å²) in [6.45, 7) is 8.92. The van der Waals surface area contributed by atoms with E-state index in [1.807, 2.05) is 60.8 Å². The summed E-state index contributed by atoms with van der Waals surface area (Å²) in [5, 5.41) is 15.4. The van der Waals surface area contributed by atoms with Crippen LogP contribution in [0.1, 0.15) is 50.7 Å². The summed E-state index contributed by atoms with van der Waals surface area (Å²) in [5.41, 5.74) is 6.63. The first-order valence-electron chi connectivity index (χ1n) is 14.4. The fourth-order valence-electron chi connectivity index (χ4n) is 5.93. The third-order valence-corrected chi connectivity index (χ3v) is 8.03. The van der Waals surface area contributed by atoms with Gasteiger partial charge in [-0.15, -0.1) is 35.0 Å². The van der Waals surface area contributed by atoms with Crippen LogP contribution in [0, 0.1) is 6.07 Å². The molecule has 0 aliphatic rings. The van der Waals surface area contributed by atoms with Crippen LogP contribution < -0.4 is 0 Å². The van der Waals surface area contributed by atoms with Gasteiger partial charge in [-0.25, -0.2) is 9.97 Å². The fraction of sp³-hybridized carbons (Fsp3) is 0.162. The fourth-order valence-corrected chi connectivity index (χ4v) is 5.93. The van der Waals surface area contributed by atoms with Crippen molar-refractivity contribution in [3.8, 4) is 34.3 Å². The SMILES string of the molecule is CC(C)c1cccc(C(C)C)c1-n1cc(-c2ccc3ccc4cccc(O)c4c3n2)nc1-c1nccc2ccc[c-]c12.[Pt]. The molecule has 0 aliphatic heterocycles. The van der Waals surface area contributed by atoms with Gasteiger partial charge in [0, 0.05) is 49.9 Å². The number of fused-ring (bicyclic) bond motifs is 4. The van der Waals surface area contributed by atoms with Gasteiger partial charge in [0.25, 0.3) is 0 Å². The van der Waals surface area contributed by atoms with E-state index in [0.717, 1.165) is 61.0 Å². The predicted molar refractivity (Wildman–Crippen MR) is 171 cm³/mol. The van der Waals surface area contributed by atoms with Crippen molar-refractivity contribution in [1.82, 2.24) is 19.5 Å². The molecule has 0 unspecified atom stereocenters. The van der Waals surface area contributed by atoms with Crippen molar-refractivity contribution in [1.29, 1.82) is 0 Å². The molecule has 43 heavy (non-hydrogen) atoms. The van der Waals surface area contributed by atoms with Gasteiger partial charge in [-0.1, -0.05) is 82.3 Å². The average Bonchev–Trinajstić information content (AvgIpc) is 3.45. The third kappa shape index (κ3) is 4.92. The monoisotopic (exact) mass is 742 g/mol. The minimum atomic E-state index is 0. The molecule has 0 saturated heterocycles. The number of phenols is 1. The number of hydrogen-bond acceptors (Lipinski definition) is 4. The molecular weight excluding hydrogens is 712 g/mol. The summed E-state index contributed by atoms with van der Waals surface area (Å²) < 4.78 is 2.20. The zero-order valence-electron chi connectivity index (χ0n) is 24.4. The molecule has 0 fully saturated rings. The first-order chi connectivity index (χ1) is 20.4. The molecule has 3 aromatic heterocycles. The Kier molecular flexibility index (Phi) is 7.62. The molecule has 0 spiro atoms. The number of phenolic OH excluding ortho intramolecular Hbond substituents is 1. The van der Waals surface area contributed by atoms with E-state index in [2.05, 4.69) is 68.8 Å². The number of aromatic nitrogens is 4. The van der Waals surface area contributed by atoms with Gasteiger partial charge in [0.05, 0.1) is 16.9 Å². The number of aromatic hydroxyl groups is 1. The Bertz CT molecular complexity index is 2100. The van der Waals surface area contributed by atoms with Crippen molar-refractivity contribution in [2.45, 2.75) is 39.5 Å². The summed E-state index contributed by atoms with van der Waals surface area (Å²) >= 11 is 0. The van der Waals surface area contributed by atoms with Gasteiger partial charge in [-0.2, -0.15) is 0 Å². The van der Waals surface area contributed by atoms with Crippen molar-refractivity contribution >= 4 is 32.4 Å². The smallest absolute Gasteiger partial charge is 0.125 e. The third-order valence-electron chi connectivity index (χ3n) is 8.03. The molecular formula is C37H31N4OPt-. The van der Waals surface area contributed by atoms with E-state index in [4.69, 9.17) is 15.0 Å². The van der Waals surface area contributed by atoms with Crippen LogP contribution in [-0.4, -0.2) is 24.6 Å². The van der Waals surface area contributed by atoms with Gasteiger partial charge >= 0.3 is 0 Å². The van der Waals surface area contributed by atoms with Crippen molar-refractivity contribution in [3.63, 3.8) is 0 Å². The number of imidazole rings is 1. The van der Waals surface area contributed by atoms with Gasteiger partial charge in [-0.3, -0.25) is 0 Å². The van der Waals surface area contributed by atoms with Crippen LogP contribution in [0.25, 0.3) is 61.0 Å². The quantitative estimate of drug-likeness (QED) is 0.141. The van der Waals surface area contributed by atoms with E-state index < -0.39 is 0 Å². The Morgan fingerprint density at radius 2 is 1.42 bits per heavy atom. The number of benzene rings is 4. The van der Waals surface area contributed by atoms with E-state index in [-0.39, 0.29) is 26.8 Å². The van der Waals surface area contributed by atoms with Crippen molar-refractivity contribution in [2.24, 2.45) is 0 Å². The second-order valence-electron chi connectivity index (χ2n) is 11.4. The van der Waals surface area contributed by atoms with Crippen LogP contribution in [0.15, 0.2) is 97.3 Å². The summed E-state index contributed by atoms with van der Waals surface area (Å²) in [7, 11) is 0. The van der Waals surface area contributed by atoms with Crippen molar-refractivity contribution in [2.75, 3.05) is 0 Å². The Balaban J connectivity index is 0.00000329. The van der Waals surface area contributed by atoms with E-state index in [1.165, 1.54) is 11.1 Å². The van der Waals surface area contributed by atoms with Crippen LogP contribution in [0.4, 0.5) is 0 Å². The maximum atomic E-state index is 10.8. The second kappa shape index (κ2) is 11.4. The maximum absolute atomic E-state index is 10.8. The van der Waals surface area contributed by atoms with Gasteiger partial charge in [0.1, 0.15) is 17.3 Å². The van der Waals surface area contributed by atoms with E-state index in [1.54, 1.807) is 6.07 Å². The Labute approximate surface area is 265 Å². The van der Waals surface area contributed by atoms with Gasteiger partial charge in [0.15, 0.2) is 0 Å². The molecule has 1 N–H and O–H groups in total. The van der Waals surface area contributed by atoms with Gasteiger partial charge in [-0.05, 0) is 40.5 Å².